The first-order valence-electron chi connectivity index (χ1n) is 5.30. The second-order valence-corrected chi connectivity index (χ2v) is 5.88. The quantitative estimate of drug-likeness (QED) is 0.758. The van der Waals surface area contributed by atoms with E-state index in [1.807, 2.05) is 6.07 Å². The van der Waals surface area contributed by atoms with Crippen LogP contribution >= 0.6 is 22.9 Å². The van der Waals surface area contributed by atoms with E-state index in [9.17, 15) is 0 Å². The zero-order valence-electron chi connectivity index (χ0n) is 9.29. The smallest absolute Gasteiger partial charge is 0.0931 e. The molecule has 0 aromatic carbocycles. The standard InChI is InChI=1S/C11H19ClN2S/c1-8(2)10(13)5-6-14-7-9-3-4-11(12)15-9/h3-4,8,10,14H,5-7,13H2,1-2H3. The molecule has 0 saturated carbocycles. The van der Waals surface area contributed by atoms with Gasteiger partial charge in [-0.3, -0.25) is 0 Å². The third kappa shape index (κ3) is 4.98. The number of nitrogens with two attached hydrogens (primary N) is 1. The molecule has 0 bridgehead atoms. The van der Waals surface area contributed by atoms with Gasteiger partial charge in [-0.05, 0) is 31.0 Å². The van der Waals surface area contributed by atoms with Crippen molar-refractivity contribution in [2.45, 2.75) is 32.9 Å². The Labute approximate surface area is 101 Å². The number of hydrogen-bond acceptors (Lipinski definition) is 3. The second kappa shape index (κ2) is 6.48. The Morgan fingerprint density at radius 1 is 1.47 bits per heavy atom. The first-order chi connectivity index (χ1) is 7.09. The van der Waals surface area contributed by atoms with Crippen molar-refractivity contribution in [1.82, 2.24) is 5.32 Å². The maximum absolute atomic E-state index is 5.94. The van der Waals surface area contributed by atoms with Crippen molar-refractivity contribution in [3.63, 3.8) is 0 Å². The normalized spacial score (nSPS) is 13.4. The van der Waals surface area contributed by atoms with Crippen LogP contribution in [0.15, 0.2) is 12.1 Å². The Balaban J connectivity index is 2.12. The van der Waals surface area contributed by atoms with Crippen LogP contribution in [0.3, 0.4) is 0 Å². The van der Waals surface area contributed by atoms with Crippen molar-refractivity contribution in [2.75, 3.05) is 6.54 Å². The Bertz CT molecular complexity index is 286. The highest BCUT2D eigenvalue weighted by Crippen LogP contribution is 2.20. The Morgan fingerprint density at radius 3 is 2.73 bits per heavy atom. The van der Waals surface area contributed by atoms with Gasteiger partial charge in [0, 0.05) is 17.5 Å². The zero-order chi connectivity index (χ0) is 11.3. The summed E-state index contributed by atoms with van der Waals surface area (Å²) < 4.78 is 0.852. The van der Waals surface area contributed by atoms with E-state index in [0.717, 1.165) is 23.8 Å². The molecule has 1 atom stereocenters. The summed E-state index contributed by atoms with van der Waals surface area (Å²) in [5.74, 6) is 0.558. The maximum Gasteiger partial charge on any atom is 0.0931 e. The molecule has 1 heterocycles. The number of nitrogens with one attached hydrogen (secondary N) is 1. The molecule has 0 spiro atoms. The van der Waals surface area contributed by atoms with Crippen molar-refractivity contribution >= 4 is 22.9 Å². The van der Waals surface area contributed by atoms with E-state index in [4.69, 9.17) is 17.3 Å². The highest BCUT2D eigenvalue weighted by atomic mass is 35.5. The molecule has 0 saturated heterocycles. The van der Waals surface area contributed by atoms with Crippen LogP contribution < -0.4 is 11.1 Å². The number of hydrogen-bond donors (Lipinski definition) is 2. The van der Waals surface area contributed by atoms with E-state index < -0.39 is 0 Å². The van der Waals surface area contributed by atoms with Crippen molar-refractivity contribution in [2.24, 2.45) is 11.7 Å². The van der Waals surface area contributed by atoms with Crippen LogP contribution in [0.4, 0.5) is 0 Å². The molecule has 0 aliphatic heterocycles. The number of rotatable bonds is 6. The summed E-state index contributed by atoms with van der Waals surface area (Å²) in [5, 5.41) is 3.37. The summed E-state index contributed by atoms with van der Waals surface area (Å²) in [6.07, 6.45) is 1.02. The minimum atomic E-state index is 0.296. The minimum Gasteiger partial charge on any atom is -0.327 e. The van der Waals surface area contributed by atoms with Gasteiger partial charge in [0.2, 0.25) is 0 Å². The first kappa shape index (κ1) is 13.0. The highest BCUT2D eigenvalue weighted by Gasteiger charge is 2.06. The molecule has 0 fully saturated rings. The summed E-state index contributed by atoms with van der Waals surface area (Å²) in [6, 6.07) is 4.29. The van der Waals surface area contributed by atoms with Gasteiger partial charge < -0.3 is 11.1 Å². The Morgan fingerprint density at radius 2 is 2.20 bits per heavy atom. The van der Waals surface area contributed by atoms with Gasteiger partial charge in [-0.15, -0.1) is 11.3 Å². The van der Waals surface area contributed by atoms with Gasteiger partial charge >= 0.3 is 0 Å². The highest BCUT2D eigenvalue weighted by molar-refractivity contribution is 7.16. The molecular weight excluding hydrogens is 228 g/mol. The maximum atomic E-state index is 5.94. The lowest BCUT2D eigenvalue weighted by molar-refractivity contribution is 0.450. The largest absolute Gasteiger partial charge is 0.327 e. The summed E-state index contributed by atoms with van der Waals surface area (Å²) in [6.45, 7) is 6.17. The van der Waals surface area contributed by atoms with Crippen molar-refractivity contribution in [3.8, 4) is 0 Å². The molecule has 15 heavy (non-hydrogen) atoms. The molecule has 0 radical (unpaired) electrons. The van der Waals surface area contributed by atoms with E-state index in [2.05, 4.69) is 25.2 Å². The molecule has 86 valence electrons. The monoisotopic (exact) mass is 246 g/mol. The summed E-state index contributed by atoms with van der Waals surface area (Å²) in [7, 11) is 0. The summed E-state index contributed by atoms with van der Waals surface area (Å²) in [5.41, 5.74) is 5.94. The lowest BCUT2D eigenvalue weighted by atomic mass is 10.0. The molecule has 0 aliphatic carbocycles. The molecule has 0 amide bonds. The van der Waals surface area contributed by atoms with E-state index in [0.29, 0.717) is 12.0 Å². The molecule has 4 heteroatoms. The molecule has 3 N–H and O–H groups in total. The molecule has 2 nitrogen and oxygen atoms in total. The van der Waals surface area contributed by atoms with Crippen LogP contribution in [0.5, 0.6) is 0 Å². The van der Waals surface area contributed by atoms with Gasteiger partial charge in [0.05, 0.1) is 4.34 Å². The van der Waals surface area contributed by atoms with Gasteiger partial charge in [0.15, 0.2) is 0 Å². The van der Waals surface area contributed by atoms with Crippen LogP contribution in [-0.2, 0) is 6.54 Å². The van der Waals surface area contributed by atoms with Crippen molar-refractivity contribution in [3.05, 3.63) is 21.3 Å². The van der Waals surface area contributed by atoms with Crippen LogP contribution in [0.2, 0.25) is 4.34 Å². The van der Waals surface area contributed by atoms with E-state index >= 15 is 0 Å². The molecule has 1 rings (SSSR count). The van der Waals surface area contributed by atoms with Crippen molar-refractivity contribution in [1.29, 1.82) is 0 Å². The van der Waals surface area contributed by atoms with E-state index in [1.54, 1.807) is 11.3 Å². The fraction of sp³-hybridized carbons (Fsp3) is 0.636. The predicted octanol–water partition coefficient (Wildman–Crippen LogP) is 2.86. The lowest BCUT2D eigenvalue weighted by Gasteiger charge is -2.15. The summed E-state index contributed by atoms with van der Waals surface area (Å²) in [4.78, 5) is 1.28. The first-order valence-corrected chi connectivity index (χ1v) is 6.49. The molecule has 0 aliphatic rings. The van der Waals surface area contributed by atoms with Crippen LogP contribution in [0, 0.1) is 5.92 Å². The summed E-state index contributed by atoms with van der Waals surface area (Å²) >= 11 is 7.46. The van der Waals surface area contributed by atoms with Crippen LogP contribution in [0.1, 0.15) is 25.1 Å². The molecule has 1 aromatic rings. The van der Waals surface area contributed by atoms with E-state index in [-0.39, 0.29) is 0 Å². The predicted molar refractivity (Wildman–Crippen MR) is 68.5 cm³/mol. The third-order valence-electron chi connectivity index (χ3n) is 2.44. The molecular formula is C11H19ClN2S. The van der Waals surface area contributed by atoms with Crippen LogP contribution in [0.25, 0.3) is 0 Å². The van der Waals surface area contributed by atoms with Gasteiger partial charge in [-0.1, -0.05) is 25.4 Å². The van der Waals surface area contributed by atoms with Gasteiger partial charge in [-0.25, -0.2) is 0 Å². The van der Waals surface area contributed by atoms with Gasteiger partial charge in [0.1, 0.15) is 0 Å². The van der Waals surface area contributed by atoms with Gasteiger partial charge in [0.25, 0.3) is 0 Å². The fourth-order valence-electron chi connectivity index (χ4n) is 1.26. The SMILES string of the molecule is CC(C)C(N)CCNCc1ccc(Cl)s1. The van der Waals surface area contributed by atoms with E-state index in [1.165, 1.54) is 4.88 Å². The lowest BCUT2D eigenvalue weighted by Crippen LogP contribution is -2.30. The topological polar surface area (TPSA) is 38.0 Å². The third-order valence-corrected chi connectivity index (χ3v) is 3.67. The Hall–Kier alpha value is -0.0900. The Kier molecular flexibility index (Phi) is 5.61. The van der Waals surface area contributed by atoms with Crippen LogP contribution in [-0.4, -0.2) is 12.6 Å². The average molecular weight is 247 g/mol. The van der Waals surface area contributed by atoms with Gasteiger partial charge in [-0.2, -0.15) is 0 Å². The minimum absolute atomic E-state index is 0.296. The number of halogens is 1. The fourth-order valence-corrected chi connectivity index (χ4v) is 2.32. The zero-order valence-corrected chi connectivity index (χ0v) is 10.9. The second-order valence-electron chi connectivity index (χ2n) is 4.08. The van der Waals surface area contributed by atoms with Crippen molar-refractivity contribution < 1.29 is 0 Å². The molecule has 1 unspecified atom stereocenters. The molecule has 1 aromatic heterocycles. The average Bonchev–Trinajstić information content (AvgIpc) is 2.58. The number of thiophene rings is 1.